The Bertz CT molecular complexity index is 487. The van der Waals surface area contributed by atoms with Crippen LogP contribution < -0.4 is 0 Å². The van der Waals surface area contributed by atoms with Crippen LogP contribution in [0.2, 0.25) is 5.02 Å². The van der Waals surface area contributed by atoms with E-state index in [1.54, 1.807) is 0 Å². The predicted octanol–water partition coefficient (Wildman–Crippen LogP) is 0.996. The summed E-state index contributed by atoms with van der Waals surface area (Å²) in [5, 5.41) is 28.8. The van der Waals surface area contributed by atoms with Crippen molar-refractivity contribution in [3.63, 3.8) is 0 Å². The molecule has 104 valence electrons. The number of rotatable bonds is 5. The molecule has 0 amide bonds. The zero-order valence-electron chi connectivity index (χ0n) is 10.0. The smallest absolute Gasteiger partial charge is 0.336 e. The van der Waals surface area contributed by atoms with E-state index in [1.165, 1.54) is 18.2 Å². The molecule has 0 aliphatic heterocycles. The standard InChI is InChI=1S/C12H13ClO6/c1-19-10(15)5-9(14)11(16)8-4-6(13)2-3-7(8)12(17)18/h2-4,9,11,14,16H,5H2,1H3,(H,17,18). The molecule has 0 aliphatic carbocycles. The van der Waals surface area contributed by atoms with Gasteiger partial charge in [0.1, 0.15) is 6.10 Å². The number of aliphatic hydroxyl groups is 2. The van der Waals surface area contributed by atoms with Crippen molar-refractivity contribution in [1.29, 1.82) is 0 Å². The van der Waals surface area contributed by atoms with Crippen LogP contribution in [0.1, 0.15) is 28.4 Å². The summed E-state index contributed by atoms with van der Waals surface area (Å²) in [6, 6.07) is 3.80. The van der Waals surface area contributed by atoms with Gasteiger partial charge in [-0.25, -0.2) is 4.79 Å². The van der Waals surface area contributed by atoms with Crippen molar-refractivity contribution < 1.29 is 29.6 Å². The van der Waals surface area contributed by atoms with Crippen molar-refractivity contribution in [3.05, 3.63) is 34.3 Å². The number of hydrogen-bond acceptors (Lipinski definition) is 5. The molecule has 0 heterocycles. The van der Waals surface area contributed by atoms with Crippen molar-refractivity contribution >= 4 is 23.5 Å². The van der Waals surface area contributed by atoms with Gasteiger partial charge < -0.3 is 20.1 Å². The Morgan fingerprint density at radius 3 is 2.53 bits per heavy atom. The molecular weight excluding hydrogens is 276 g/mol. The van der Waals surface area contributed by atoms with Gasteiger partial charge in [-0.05, 0) is 23.8 Å². The molecule has 1 aromatic rings. The lowest BCUT2D eigenvalue weighted by molar-refractivity contribution is -0.144. The summed E-state index contributed by atoms with van der Waals surface area (Å²) >= 11 is 5.73. The van der Waals surface area contributed by atoms with E-state index in [4.69, 9.17) is 16.7 Å². The van der Waals surface area contributed by atoms with Crippen molar-refractivity contribution in [2.45, 2.75) is 18.6 Å². The molecule has 0 aromatic heterocycles. The average molecular weight is 289 g/mol. The van der Waals surface area contributed by atoms with Gasteiger partial charge in [0.25, 0.3) is 0 Å². The number of methoxy groups -OCH3 is 1. The van der Waals surface area contributed by atoms with Crippen LogP contribution in [0.15, 0.2) is 18.2 Å². The van der Waals surface area contributed by atoms with Crippen LogP contribution in [0.25, 0.3) is 0 Å². The van der Waals surface area contributed by atoms with E-state index in [-0.39, 0.29) is 16.1 Å². The number of carbonyl (C=O) groups is 2. The number of esters is 1. The molecule has 0 radical (unpaired) electrons. The second-order valence-corrected chi connectivity index (χ2v) is 4.27. The fraction of sp³-hybridized carbons (Fsp3) is 0.333. The lowest BCUT2D eigenvalue weighted by Gasteiger charge is -2.19. The van der Waals surface area contributed by atoms with Gasteiger partial charge >= 0.3 is 11.9 Å². The molecule has 1 aromatic carbocycles. The minimum atomic E-state index is -1.55. The first-order chi connectivity index (χ1) is 8.86. The highest BCUT2D eigenvalue weighted by Crippen LogP contribution is 2.26. The molecule has 19 heavy (non-hydrogen) atoms. The first-order valence-corrected chi connectivity index (χ1v) is 5.70. The molecule has 0 saturated heterocycles. The van der Waals surface area contributed by atoms with Gasteiger partial charge in [0.2, 0.25) is 0 Å². The Morgan fingerprint density at radius 1 is 1.37 bits per heavy atom. The van der Waals surface area contributed by atoms with Crippen LogP contribution in [-0.2, 0) is 9.53 Å². The van der Waals surface area contributed by atoms with Crippen LogP contribution in [0.3, 0.4) is 0 Å². The van der Waals surface area contributed by atoms with Gasteiger partial charge in [-0.1, -0.05) is 11.6 Å². The van der Waals surface area contributed by atoms with Crippen molar-refractivity contribution in [2.24, 2.45) is 0 Å². The molecule has 1 rings (SSSR count). The quantitative estimate of drug-likeness (QED) is 0.698. The highest BCUT2D eigenvalue weighted by Gasteiger charge is 2.26. The fourth-order valence-electron chi connectivity index (χ4n) is 1.55. The van der Waals surface area contributed by atoms with Crippen LogP contribution in [0.4, 0.5) is 0 Å². The molecule has 2 atom stereocenters. The number of hydrogen-bond donors (Lipinski definition) is 3. The van der Waals surface area contributed by atoms with Gasteiger partial charge in [-0.3, -0.25) is 4.79 Å². The second-order valence-electron chi connectivity index (χ2n) is 3.83. The van der Waals surface area contributed by atoms with E-state index in [9.17, 15) is 19.8 Å². The SMILES string of the molecule is COC(=O)CC(O)C(O)c1cc(Cl)ccc1C(=O)O. The maximum Gasteiger partial charge on any atom is 0.336 e. The first-order valence-electron chi connectivity index (χ1n) is 5.32. The van der Waals surface area contributed by atoms with Crippen LogP contribution in [0.5, 0.6) is 0 Å². The van der Waals surface area contributed by atoms with Crippen molar-refractivity contribution in [2.75, 3.05) is 7.11 Å². The number of halogens is 1. The van der Waals surface area contributed by atoms with E-state index in [0.717, 1.165) is 7.11 Å². The molecule has 0 bridgehead atoms. The highest BCUT2D eigenvalue weighted by molar-refractivity contribution is 6.30. The molecule has 0 aliphatic rings. The average Bonchev–Trinajstić information content (AvgIpc) is 2.36. The van der Waals surface area contributed by atoms with Gasteiger partial charge in [-0.2, -0.15) is 0 Å². The number of benzene rings is 1. The number of ether oxygens (including phenoxy) is 1. The fourth-order valence-corrected chi connectivity index (χ4v) is 1.73. The molecule has 0 spiro atoms. The molecule has 2 unspecified atom stereocenters. The van der Waals surface area contributed by atoms with E-state index in [2.05, 4.69) is 4.74 Å². The first kappa shape index (κ1) is 15.4. The molecule has 0 fully saturated rings. The van der Waals surface area contributed by atoms with E-state index < -0.39 is 30.6 Å². The van der Waals surface area contributed by atoms with E-state index in [0.29, 0.717) is 0 Å². The summed E-state index contributed by atoms with van der Waals surface area (Å²) < 4.78 is 4.36. The van der Waals surface area contributed by atoms with E-state index >= 15 is 0 Å². The monoisotopic (exact) mass is 288 g/mol. The zero-order valence-corrected chi connectivity index (χ0v) is 10.8. The molecular formula is C12H13ClO6. The van der Waals surface area contributed by atoms with Crippen LogP contribution in [-0.4, -0.2) is 40.5 Å². The third-order valence-electron chi connectivity index (χ3n) is 2.53. The van der Waals surface area contributed by atoms with Gasteiger partial charge in [-0.15, -0.1) is 0 Å². The largest absolute Gasteiger partial charge is 0.478 e. The second kappa shape index (κ2) is 6.51. The van der Waals surface area contributed by atoms with Gasteiger partial charge in [0.05, 0.1) is 25.2 Å². The maximum absolute atomic E-state index is 11.0. The Morgan fingerprint density at radius 2 is 2.00 bits per heavy atom. The third-order valence-corrected chi connectivity index (χ3v) is 2.77. The topological polar surface area (TPSA) is 104 Å². The lowest BCUT2D eigenvalue weighted by Crippen LogP contribution is -2.24. The molecule has 0 saturated carbocycles. The summed E-state index contributed by atoms with van der Waals surface area (Å²) in [7, 11) is 1.14. The van der Waals surface area contributed by atoms with Crippen LogP contribution in [0, 0.1) is 0 Å². The van der Waals surface area contributed by atoms with E-state index in [1.807, 2.05) is 0 Å². The summed E-state index contributed by atoms with van der Waals surface area (Å²) in [5.41, 5.74) is -0.253. The lowest BCUT2D eigenvalue weighted by atomic mass is 9.97. The number of aromatic carboxylic acids is 1. The summed E-state index contributed by atoms with van der Waals surface area (Å²) in [5.74, 6) is -1.98. The zero-order chi connectivity index (χ0) is 14.6. The highest BCUT2D eigenvalue weighted by atomic mass is 35.5. The minimum Gasteiger partial charge on any atom is -0.478 e. The molecule has 3 N–H and O–H groups in total. The number of carboxylic acids is 1. The number of carbonyl (C=O) groups excluding carboxylic acids is 1. The Kier molecular flexibility index (Phi) is 5.29. The molecule has 6 nitrogen and oxygen atoms in total. The van der Waals surface area contributed by atoms with Crippen LogP contribution >= 0.6 is 11.6 Å². The Balaban J connectivity index is 3.03. The number of aliphatic hydroxyl groups excluding tert-OH is 2. The maximum atomic E-state index is 11.0. The normalized spacial score (nSPS) is 13.7. The summed E-state index contributed by atoms with van der Waals surface area (Å²) in [6.07, 6.45) is -3.49. The van der Waals surface area contributed by atoms with Crippen molar-refractivity contribution in [3.8, 4) is 0 Å². The Hall–Kier alpha value is -1.63. The third kappa shape index (κ3) is 3.92. The summed E-state index contributed by atoms with van der Waals surface area (Å²) in [4.78, 5) is 22.0. The predicted molar refractivity (Wildman–Crippen MR) is 66.0 cm³/mol. The van der Waals surface area contributed by atoms with Crippen molar-refractivity contribution in [1.82, 2.24) is 0 Å². The van der Waals surface area contributed by atoms with Gasteiger partial charge in [0.15, 0.2) is 0 Å². The minimum absolute atomic E-state index is 0.0589. The Labute approximate surface area is 114 Å². The molecule has 7 heteroatoms. The number of carboxylic acid groups (broad SMARTS) is 1. The van der Waals surface area contributed by atoms with Gasteiger partial charge in [0, 0.05) is 5.02 Å². The summed E-state index contributed by atoms with van der Waals surface area (Å²) in [6.45, 7) is 0.